The monoisotopic (exact) mass is 348 g/mol. The summed E-state index contributed by atoms with van der Waals surface area (Å²) >= 11 is 3.60. The minimum Gasteiger partial charge on any atom is -0.310 e. The summed E-state index contributed by atoms with van der Waals surface area (Å²) in [5.74, 6) is 0.803. The number of fused-ring (bicyclic) bond motifs is 1. The molecule has 0 bridgehead atoms. The van der Waals surface area contributed by atoms with Crippen molar-refractivity contribution in [1.82, 2.24) is 10.3 Å². The first kappa shape index (κ1) is 16.4. The van der Waals surface area contributed by atoms with E-state index in [2.05, 4.69) is 65.2 Å². The number of nitrogens with zero attached hydrogens (tertiary/aromatic N) is 1. The van der Waals surface area contributed by atoms with Crippen LogP contribution in [0.1, 0.15) is 45.6 Å². The second kappa shape index (κ2) is 7.90. The third-order valence-electron chi connectivity index (χ3n) is 3.86. The van der Waals surface area contributed by atoms with E-state index in [1.807, 2.05) is 12.3 Å². The quantitative estimate of drug-likeness (QED) is 0.733. The fourth-order valence-electron chi connectivity index (χ4n) is 2.56. The molecule has 114 valence electrons. The lowest BCUT2D eigenvalue weighted by Gasteiger charge is -2.15. The van der Waals surface area contributed by atoms with E-state index in [0.29, 0.717) is 6.04 Å². The summed E-state index contributed by atoms with van der Waals surface area (Å²) in [5, 5.41) is 4.81. The summed E-state index contributed by atoms with van der Waals surface area (Å²) in [4.78, 5) is 4.54. The number of nitrogens with one attached hydrogen (secondary N) is 1. The number of aromatic nitrogens is 1. The van der Waals surface area contributed by atoms with Crippen molar-refractivity contribution in [3.63, 3.8) is 0 Å². The Kier molecular flexibility index (Phi) is 6.19. The molecule has 0 spiro atoms. The second-order valence-electron chi connectivity index (χ2n) is 6.21. The van der Waals surface area contributed by atoms with Crippen molar-refractivity contribution in [2.45, 2.75) is 52.6 Å². The first-order chi connectivity index (χ1) is 10.1. The molecule has 0 saturated carbocycles. The van der Waals surface area contributed by atoms with Gasteiger partial charge in [-0.15, -0.1) is 0 Å². The van der Waals surface area contributed by atoms with Gasteiger partial charge >= 0.3 is 0 Å². The van der Waals surface area contributed by atoms with E-state index in [4.69, 9.17) is 0 Å². The highest BCUT2D eigenvalue weighted by molar-refractivity contribution is 9.10. The van der Waals surface area contributed by atoms with Gasteiger partial charge in [-0.1, -0.05) is 54.8 Å². The normalized spacial score (nSPS) is 13.0. The molecule has 1 unspecified atom stereocenters. The summed E-state index contributed by atoms with van der Waals surface area (Å²) in [6.07, 6.45) is 5.71. The Balaban J connectivity index is 1.96. The first-order valence-electron chi connectivity index (χ1n) is 7.83. The standard InChI is InChI=1S/C18H25BrN2/c1-13(2)6-4-7-14(3)21-12-15-9-10-17(19)16-8-5-11-20-18(15)16/h5,8-11,13-14,21H,4,6-7,12H2,1-3H3. The largest absolute Gasteiger partial charge is 0.310 e. The van der Waals surface area contributed by atoms with Crippen LogP contribution in [0.3, 0.4) is 0 Å². The molecule has 2 aromatic rings. The third kappa shape index (κ3) is 4.79. The third-order valence-corrected chi connectivity index (χ3v) is 4.55. The summed E-state index contributed by atoms with van der Waals surface area (Å²) in [6, 6.07) is 8.92. The van der Waals surface area contributed by atoms with Gasteiger partial charge in [0.25, 0.3) is 0 Å². The minimum absolute atomic E-state index is 0.547. The lowest BCUT2D eigenvalue weighted by molar-refractivity contribution is 0.457. The molecule has 1 heterocycles. The van der Waals surface area contributed by atoms with Crippen molar-refractivity contribution in [2.24, 2.45) is 5.92 Å². The summed E-state index contributed by atoms with van der Waals surface area (Å²) in [5.41, 5.74) is 2.36. The van der Waals surface area contributed by atoms with Crippen LogP contribution in [0.25, 0.3) is 10.9 Å². The average Bonchev–Trinajstić information content (AvgIpc) is 2.46. The minimum atomic E-state index is 0.547. The Labute approximate surface area is 136 Å². The molecular formula is C18H25BrN2. The Morgan fingerprint density at radius 3 is 2.71 bits per heavy atom. The molecule has 0 aliphatic carbocycles. The molecule has 1 aromatic carbocycles. The van der Waals surface area contributed by atoms with Crippen LogP contribution in [-0.2, 0) is 6.54 Å². The number of rotatable bonds is 7. The molecule has 2 nitrogen and oxygen atoms in total. The van der Waals surface area contributed by atoms with E-state index < -0.39 is 0 Å². The predicted molar refractivity (Wildman–Crippen MR) is 94.4 cm³/mol. The second-order valence-corrected chi connectivity index (χ2v) is 7.07. The van der Waals surface area contributed by atoms with Crippen molar-refractivity contribution in [3.8, 4) is 0 Å². The van der Waals surface area contributed by atoms with Crippen LogP contribution in [0.2, 0.25) is 0 Å². The smallest absolute Gasteiger partial charge is 0.0758 e. The highest BCUT2D eigenvalue weighted by Crippen LogP contribution is 2.25. The van der Waals surface area contributed by atoms with E-state index in [-0.39, 0.29) is 0 Å². The number of pyridine rings is 1. The molecule has 1 aromatic heterocycles. The van der Waals surface area contributed by atoms with Gasteiger partial charge in [0.2, 0.25) is 0 Å². The van der Waals surface area contributed by atoms with E-state index in [9.17, 15) is 0 Å². The van der Waals surface area contributed by atoms with Crippen LogP contribution in [0.15, 0.2) is 34.9 Å². The van der Waals surface area contributed by atoms with E-state index in [1.54, 1.807) is 0 Å². The molecule has 1 N–H and O–H groups in total. The number of halogens is 1. The average molecular weight is 349 g/mol. The SMILES string of the molecule is CC(C)CCCC(C)NCc1ccc(Br)c2cccnc12. The molecular weight excluding hydrogens is 324 g/mol. The maximum absolute atomic E-state index is 4.54. The van der Waals surface area contributed by atoms with Gasteiger partial charge in [-0.2, -0.15) is 0 Å². The summed E-state index contributed by atoms with van der Waals surface area (Å²) < 4.78 is 1.11. The molecule has 0 aliphatic rings. The topological polar surface area (TPSA) is 24.9 Å². The highest BCUT2D eigenvalue weighted by atomic mass is 79.9. The fourth-order valence-corrected chi connectivity index (χ4v) is 3.01. The molecule has 0 radical (unpaired) electrons. The van der Waals surface area contributed by atoms with Gasteiger partial charge in [0.05, 0.1) is 5.52 Å². The van der Waals surface area contributed by atoms with Crippen LogP contribution >= 0.6 is 15.9 Å². The molecule has 3 heteroatoms. The molecule has 0 fully saturated rings. The lowest BCUT2D eigenvalue weighted by Crippen LogP contribution is -2.25. The van der Waals surface area contributed by atoms with Crippen LogP contribution in [-0.4, -0.2) is 11.0 Å². The molecule has 2 rings (SSSR count). The van der Waals surface area contributed by atoms with Crippen molar-refractivity contribution >= 4 is 26.8 Å². The summed E-state index contributed by atoms with van der Waals surface area (Å²) in [6.45, 7) is 7.73. The van der Waals surface area contributed by atoms with Crippen LogP contribution in [0.4, 0.5) is 0 Å². The van der Waals surface area contributed by atoms with Gasteiger partial charge in [-0.25, -0.2) is 0 Å². The van der Waals surface area contributed by atoms with Crippen LogP contribution in [0, 0.1) is 5.92 Å². The Morgan fingerprint density at radius 2 is 1.95 bits per heavy atom. The Morgan fingerprint density at radius 1 is 1.14 bits per heavy atom. The van der Waals surface area contributed by atoms with Gasteiger partial charge in [-0.05, 0) is 37.0 Å². The zero-order valence-electron chi connectivity index (χ0n) is 13.2. The molecule has 1 atom stereocenters. The van der Waals surface area contributed by atoms with Crippen molar-refractivity contribution in [3.05, 3.63) is 40.5 Å². The Bertz CT molecular complexity index is 580. The van der Waals surface area contributed by atoms with E-state index >= 15 is 0 Å². The molecule has 0 saturated heterocycles. The molecule has 21 heavy (non-hydrogen) atoms. The zero-order chi connectivity index (χ0) is 15.2. The van der Waals surface area contributed by atoms with Crippen molar-refractivity contribution < 1.29 is 0 Å². The highest BCUT2D eigenvalue weighted by Gasteiger charge is 2.07. The van der Waals surface area contributed by atoms with E-state index in [1.165, 1.54) is 30.2 Å². The van der Waals surface area contributed by atoms with Gasteiger partial charge < -0.3 is 5.32 Å². The molecule has 0 amide bonds. The fraction of sp³-hybridized carbons (Fsp3) is 0.500. The number of hydrogen-bond donors (Lipinski definition) is 1. The van der Waals surface area contributed by atoms with Crippen molar-refractivity contribution in [2.75, 3.05) is 0 Å². The first-order valence-corrected chi connectivity index (χ1v) is 8.62. The van der Waals surface area contributed by atoms with Gasteiger partial charge in [-0.3, -0.25) is 4.98 Å². The molecule has 0 aliphatic heterocycles. The maximum atomic E-state index is 4.54. The number of hydrogen-bond acceptors (Lipinski definition) is 2. The lowest BCUT2D eigenvalue weighted by atomic mass is 10.0. The summed E-state index contributed by atoms with van der Waals surface area (Å²) in [7, 11) is 0. The maximum Gasteiger partial charge on any atom is 0.0758 e. The van der Waals surface area contributed by atoms with Gasteiger partial charge in [0, 0.05) is 28.6 Å². The zero-order valence-corrected chi connectivity index (χ0v) is 14.8. The van der Waals surface area contributed by atoms with Crippen molar-refractivity contribution in [1.29, 1.82) is 0 Å². The van der Waals surface area contributed by atoms with E-state index in [0.717, 1.165) is 22.5 Å². The van der Waals surface area contributed by atoms with Crippen LogP contribution in [0.5, 0.6) is 0 Å². The number of benzene rings is 1. The predicted octanol–water partition coefficient (Wildman–Crippen LogP) is 5.30. The Hall–Kier alpha value is -0.930. The van der Waals surface area contributed by atoms with Crippen LogP contribution < -0.4 is 5.32 Å². The van der Waals surface area contributed by atoms with Gasteiger partial charge in [0.1, 0.15) is 0 Å². The van der Waals surface area contributed by atoms with Gasteiger partial charge in [0.15, 0.2) is 0 Å².